The molecule has 6 rings (SSSR count). The van der Waals surface area contributed by atoms with Crippen LogP contribution in [0, 0.1) is 18.3 Å². The highest BCUT2D eigenvalue weighted by atomic mass is 32.2. The smallest absolute Gasteiger partial charge is 0.272 e. The second kappa shape index (κ2) is 16.3. The molecule has 0 fully saturated rings. The Labute approximate surface area is 299 Å². The number of hydrogen-bond acceptors (Lipinski definition) is 7. The van der Waals surface area contributed by atoms with Gasteiger partial charge < -0.3 is 16.0 Å². The molecule has 2 heterocycles. The zero-order chi connectivity index (χ0) is 34.9. The van der Waals surface area contributed by atoms with Crippen LogP contribution in [-0.2, 0) is 29.1 Å². The van der Waals surface area contributed by atoms with Crippen LogP contribution in [0.5, 0.6) is 0 Å². The number of amides is 3. The molecule has 8 nitrogen and oxygen atoms in total. The Morgan fingerprint density at radius 1 is 0.920 bits per heavy atom. The minimum Gasteiger partial charge on any atom is -0.321 e. The maximum atomic E-state index is 13.5. The van der Waals surface area contributed by atoms with E-state index in [1.54, 1.807) is 48.5 Å². The van der Waals surface area contributed by atoms with Crippen LogP contribution in [0.4, 0.5) is 10.7 Å². The van der Waals surface area contributed by atoms with E-state index in [0.29, 0.717) is 21.8 Å². The predicted octanol–water partition coefficient (Wildman–Crippen LogP) is 7.63. The summed E-state index contributed by atoms with van der Waals surface area (Å²) >= 11 is 2.80. The van der Waals surface area contributed by atoms with Gasteiger partial charge in [0.05, 0.1) is 11.3 Å². The summed E-state index contributed by atoms with van der Waals surface area (Å²) in [7, 11) is 0. The molecule has 0 aliphatic carbocycles. The van der Waals surface area contributed by atoms with Crippen molar-refractivity contribution in [3.63, 3.8) is 0 Å². The molecule has 1 aliphatic rings. The zero-order valence-corrected chi connectivity index (χ0v) is 29.1. The minimum absolute atomic E-state index is 0.0979. The summed E-state index contributed by atoms with van der Waals surface area (Å²) in [5.41, 5.74) is 5.64. The van der Waals surface area contributed by atoms with Crippen molar-refractivity contribution in [2.75, 3.05) is 22.9 Å². The Kier molecular flexibility index (Phi) is 11.2. The molecule has 0 saturated heterocycles. The molecule has 250 valence electrons. The van der Waals surface area contributed by atoms with Gasteiger partial charge in [-0.05, 0) is 72.0 Å². The van der Waals surface area contributed by atoms with Crippen molar-refractivity contribution in [2.24, 2.45) is 0 Å². The molecule has 5 aromatic rings. The fourth-order valence-corrected chi connectivity index (χ4v) is 7.67. The van der Waals surface area contributed by atoms with E-state index in [1.807, 2.05) is 61.5 Å². The molecule has 50 heavy (non-hydrogen) atoms. The molecule has 0 spiro atoms. The van der Waals surface area contributed by atoms with Crippen molar-refractivity contribution in [3.05, 3.63) is 153 Å². The lowest BCUT2D eigenvalue weighted by Crippen LogP contribution is -2.30. The normalized spacial score (nSPS) is 12.8. The number of benzene rings is 4. The number of nitrogens with zero attached hydrogens (tertiary/aromatic N) is 2. The third kappa shape index (κ3) is 8.76. The lowest BCUT2D eigenvalue weighted by molar-refractivity contribution is -0.114. The number of fused-ring (bicyclic) bond motifs is 1. The molecule has 10 heteroatoms. The van der Waals surface area contributed by atoms with Crippen LogP contribution in [0.15, 0.2) is 120 Å². The average Bonchev–Trinajstić information content (AvgIpc) is 3.48. The summed E-state index contributed by atoms with van der Waals surface area (Å²) in [6, 6.07) is 36.2. The lowest BCUT2D eigenvalue weighted by atomic mass is 10.0. The highest BCUT2D eigenvalue weighted by Crippen LogP contribution is 2.37. The second-order valence-corrected chi connectivity index (χ2v) is 14.0. The van der Waals surface area contributed by atoms with Gasteiger partial charge in [-0.15, -0.1) is 23.1 Å². The minimum atomic E-state index is -0.481. The van der Waals surface area contributed by atoms with Crippen molar-refractivity contribution in [3.8, 4) is 6.07 Å². The number of thioether (sulfide) groups is 1. The van der Waals surface area contributed by atoms with Crippen LogP contribution in [0.1, 0.15) is 43.1 Å². The van der Waals surface area contributed by atoms with Crippen LogP contribution < -0.4 is 16.0 Å². The SMILES string of the molecule is Cc1ccccc1/C=C(\NC(=O)c1ccccc1)C(=O)Nc1cccc(SCC(=O)Nc2sc3c(c2C#N)CCN(Cc2ccccc2)C3)c1. The summed E-state index contributed by atoms with van der Waals surface area (Å²) in [6.07, 6.45) is 2.43. The molecule has 4 aromatic carbocycles. The van der Waals surface area contributed by atoms with Crippen molar-refractivity contribution < 1.29 is 14.4 Å². The van der Waals surface area contributed by atoms with E-state index in [-0.39, 0.29) is 17.4 Å². The number of hydrogen-bond donors (Lipinski definition) is 3. The Morgan fingerprint density at radius 2 is 1.66 bits per heavy atom. The second-order valence-electron chi connectivity index (χ2n) is 11.8. The number of carbonyl (C=O) groups is 3. The standard InChI is InChI=1S/C40H35N5O3S2/c1-27-11-8-9-16-30(27)21-35(43-38(47)29-14-6-3-7-15-29)39(48)42-31-17-10-18-32(22-31)49-26-37(46)44-40-34(23-41)33-19-20-45(25-36(33)50-40)24-28-12-4-2-5-13-28/h2-18,21-22H,19-20,24-26H2,1H3,(H,42,48)(H,43,47)(H,44,46)/b35-21-. The van der Waals surface area contributed by atoms with E-state index in [9.17, 15) is 19.6 Å². The largest absolute Gasteiger partial charge is 0.321 e. The quantitative estimate of drug-likeness (QED) is 0.0967. The van der Waals surface area contributed by atoms with Crippen LogP contribution >= 0.6 is 23.1 Å². The number of nitrogens with one attached hydrogen (secondary N) is 3. The van der Waals surface area contributed by atoms with Gasteiger partial charge in [-0.2, -0.15) is 5.26 Å². The molecule has 0 radical (unpaired) electrons. The number of thiophene rings is 1. The summed E-state index contributed by atoms with van der Waals surface area (Å²) in [6.45, 7) is 4.37. The van der Waals surface area contributed by atoms with Gasteiger partial charge in [-0.25, -0.2) is 0 Å². The lowest BCUT2D eigenvalue weighted by Gasteiger charge is -2.26. The van der Waals surface area contributed by atoms with Crippen molar-refractivity contribution >= 4 is 57.6 Å². The summed E-state index contributed by atoms with van der Waals surface area (Å²) in [5.74, 6) is -0.971. The zero-order valence-electron chi connectivity index (χ0n) is 27.4. The van der Waals surface area contributed by atoms with Crippen LogP contribution in [-0.4, -0.2) is 34.9 Å². The van der Waals surface area contributed by atoms with E-state index < -0.39 is 11.8 Å². The topological polar surface area (TPSA) is 114 Å². The average molecular weight is 698 g/mol. The fraction of sp³-hybridized carbons (Fsp3) is 0.150. The summed E-state index contributed by atoms with van der Waals surface area (Å²) < 4.78 is 0. The summed E-state index contributed by atoms with van der Waals surface area (Å²) in [4.78, 5) is 43.9. The number of carbonyl (C=O) groups excluding carboxylic acids is 3. The third-order valence-electron chi connectivity index (χ3n) is 8.23. The Bertz CT molecular complexity index is 2090. The molecule has 3 N–H and O–H groups in total. The fourth-order valence-electron chi connectivity index (χ4n) is 5.66. The highest BCUT2D eigenvalue weighted by Gasteiger charge is 2.25. The predicted molar refractivity (Wildman–Crippen MR) is 201 cm³/mol. The van der Waals surface area contributed by atoms with Crippen molar-refractivity contribution in [2.45, 2.75) is 31.3 Å². The van der Waals surface area contributed by atoms with Gasteiger partial charge in [0.1, 0.15) is 16.8 Å². The molecule has 1 aromatic heterocycles. The molecular formula is C40H35N5O3S2. The Balaban J connectivity index is 1.09. The van der Waals surface area contributed by atoms with Gasteiger partial charge in [0.15, 0.2) is 0 Å². The molecule has 0 unspecified atom stereocenters. The van der Waals surface area contributed by atoms with E-state index in [2.05, 4.69) is 39.1 Å². The van der Waals surface area contributed by atoms with E-state index in [1.165, 1.54) is 28.7 Å². The van der Waals surface area contributed by atoms with Crippen molar-refractivity contribution in [1.29, 1.82) is 5.26 Å². The van der Waals surface area contributed by atoms with Gasteiger partial charge in [0, 0.05) is 40.7 Å². The van der Waals surface area contributed by atoms with Crippen LogP contribution in [0.2, 0.25) is 0 Å². The van der Waals surface area contributed by atoms with Crippen LogP contribution in [0.3, 0.4) is 0 Å². The maximum absolute atomic E-state index is 13.5. The van der Waals surface area contributed by atoms with Crippen molar-refractivity contribution in [1.82, 2.24) is 10.2 Å². The molecule has 0 saturated carbocycles. The molecule has 0 bridgehead atoms. The number of aryl methyl sites for hydroxylation is 1. The Morgan fingerprint density at radius 3 is 2.42 bits per heavy atom. The van der Waals surface area contributed by atoms with Gasteiger partial charge in [0.2, 0.25) is 5.91 Å². The molecule has 3 amide bonds. The third-order valence-corrected chi connectivity index (χ3v) is 10.4. The number of rotatable bonds is 11. The number of anilines is 2. The molecule has 0 atom stereocenters. The van der Waals surface area contributed by atoms with Gasteiger partial charge in [0.25, 0.3) is 11.8 Å². The molecule has 1 aliphatic heterocycles. The van der Waals surface area contributed by atoms with Gasteiger partial charge >= 0.3 is 0 Å². The molecular weight excluding hydrogens is 663 g/mol. The van der Waals surface area contributed by atoms with E-state index in [4.69, 9.17) is 0 Å². The first kappa shape index (κ1) is 34.4. The monoisotopic (exact) mass is 697 g/mol. The maximum Gasteiger partial charge on any atom is 0.272 e. The van der Waals surface area contributed by atoms with E-state index in [0.717, 1.165) is 52.5 Å². The van der Waals surface area contributed by atoms with Gasteiger partial charge in [-0.1, -0.05) is 78.9 Å². The van der Waals surface area contributed by atoms with Crippen LogP contribution in [0.25, 0.3) is 6.08 Å². The Hall–Kier alpha value is -5.47. The first-order valence-corrected chi connectivity index (χ1v) is 17.9. The highest BCUT2D eigenvalue weighted by molar-refractivity contribution is 8.00. The van der Waals surface area contributed by atoms with E-state index >= 15 is 0 Å². The van der Waals surface area contributed by atoms with Gasteiger partial charge in [-0.3, -0.25) is 19.3 Å². The number of nitriles is 1. The summed E-state index contributed by atoms with van der Waals surface area (Å²) in [5, 5.41) is 19.2. The first-order chi connectivity index (χ1) is 24.4. The first-order valence-electron chi connectivity index (χ1n) is 16.1.